The van der Waals surface area contributed by atoms with Gasteiger partial charge in [-0.3, -0.25) is 18.6 Å². The Morgan fingerprint density at radius 2 is 1.18 bits per heavy atom. The summed E-state index contributed by atoms with van der Waals surface area (Å²) in [5, 5.41) is 21.5. The van der Waals surface area contributed by atoms with Crippen LogP contribution in [0, 0.1) is 0 Å². The third-order valence-electron chi connectivity index (χ3n) is 7.07. The molecule has 0 bridgehead atoms. The Morgan fingerprint density at radius 3 is 1.78 bits per heavy atom. The van der Waals surface area contributed by atoms with Crippen molar-refractivity contribution in [2.45, 2.75) is 135 Å². The summed E-state index contributed by atoms with van der Waals surface area (Å²) in [6.07, 6.45) is 34.7. The molecule has 0 fully saturated rings. The lowest BCUT2D eigenvalue weighted by Crippen LogP contribution is -2.43. The van der Waals surface area contributed by atoms with Crippen molar-refractivity contribution in [3.63, 3.8) is 0 Å². The van der Waals surface area contributed by atoms with Crippen LogP contribution in [0.4, 0.5) is 0 Å². The van der Waals surface area contributed by atoms with E-state index in [2.05, 4.69) is 84.4 Å². The molecule has 0 spiro atoms. The van der Waals surface area contributed by atoms with E-state index in [-0.39, 0.29) is 12.8 Å². The first-order valence-corrected chi connectivity index (χ1v) is 19.3. The maximum Gasteiger partial charge on any atom is 0.472 e. The highest BCUT2D eigenvalue weighted by Crippen LogP contribution is 2.43. The van der Waals surface area contributed by atoms with E-state index in [0.29, 0.717) is 12.8 Å². The standard InChI is InChI=1S/C37H62NO10P/c1-3-5-7-9-10-11-12-13-14-15-16-17-18-19-20-21-22-23-24-25-26-28-35(40)38-34(37(42)43)32-48-49(44,45)47-31-33(39)30-46-36(41)29-27-8-6-4-2/h5,7,10-11,13-14,16-17,19-20,33-34,39H,3-4,6,8-9,12,15,18,21-32H2,1-2H3,(H,38,40)(H,42,43)(H,44,45)/b7-5-,11-10-,14-13-,17-16-,20-19-. The van der Waals surface area contributed by atoms with Gasteiger partial charge < -0.3 is 25.2 Å². The molecule has 1 amide bonds. The molecule has 49 heavy (non-hydrogen) atoms. The Kier molecular flexibility index (Phi) is 30.5. The number of carbonyl (C=O) groups excluding carboxylic acids is 2. The second kappa shape index (κ2) is 32.4. The molecule has 12 heteroatoms. The molecule has 0 aliphatic carbocycles. The molecule has 0 aromatic heterocycles. The third kappa shape index (κ3) is 32.2. The van der Waals surface area contributed by atoms with Gasteiger partial charge in [0.2, 0.25) is 5.91 Å². The molecule has 0 heterocycles. The molecule has 3 atom stereocenters. The number of aliphatic hydroxyl groups excluding tert-OH is 1. The van der Waals surface area contributed by atoms with E-state index in [1.165, 1.54) is 0 Å². The summed E-state index contributed by atoms with van der Waals surface area (Å²) in [6, 6.07) is -1.56. The summed E-state index contributed by atoms with van der Waals surface area (Å²) >= 11 is 0. The first-order chi connectivity index (χ1) is 23.6. The van der Waals surface area contributed by atoms with Gasteiger partial charge in [-0.1, -0.05) is 113 Å². The van der Waals surface area contributed by atoms with E-state index in [4.69, 9.17) is 9.26 Å². The number of carboxylic acids is 1. The third-order valence-corrected chi connectivity index (χ3v) is 8.02. The second-order valence-corrected chi connectivity index (χ2v) is 13.1. The lowest BCUT2D eigenvalue weighted by Gasteiger charge is -2.18. The van der Waals surface area contributed by atoms with Gasteiger partial charge in [-0.05, 0) is 57.8 Å². The first-order valence-electron chi connectivity index (χ1n) is 17.8. The van der Waals surface area contributed by atoms with Gasteiger partial charge in [-0.2, -0.15) is 0 Å². The van der Waals surface area contributed by atoms with Crippen LogP contribution in [-0.2, 0) is 32.7 Å². The number of phosphoric ester groups is 1. The molecule has 0 aromatic rings. The number of aliphatic carboxylic acids is 1. The number of carboxylic acid groups (broad SMARTS) is 1. The van der Waals surface area contributed by atoms with Crippen LogP contribution in [0.25, 0.3) is 0 Å². The minimum absolute atomic E-state index is 0.120. The Labute approximate surface area is 294 Å². The zero-order chi connectivity index (χ0) is 36.4. The van der Waals surface area contributed by atoms with Crippen molar-refractivity contribution in [3.05, 3.63) is 60.8 Å². The number of nitrogens with one attached hydrogen (secondary N) is 1. The molecule has 3 unspecified atom stereocenters. The fourth-order valence-corrected chi connectivity index (χ4v) is 5.05. The zero-order valence-electron chi connectivity index (χ0n) is 29.7. The smallest absolute Gasteiger partial charge is 0.472 e. The summed E-state index contributed by atoms with van der Waals surface area (Å²) in [5.74, 6) is -2.43. The van der Waals surface area contributed by atoms with Gasteiger partial charge in [0.1, 0.15) is 12.7 Å². The van der Waals surface area contributed by atoms with Gasteiger partial charge in [0.25, 0.3) is 0 Å². The van der Waals surface area contributed by atoms with E-state index >= 15 is 0 Å². The number of amides is 1. The Morgan fingerprint density at radius 1 is 0.673 bits per heavy atom. The fourth-order valence-electron chi connectivity index (χ4n) is 4.28. The number of aliphatic hydroxyl groups is 1. The molecule has 0 aliphatic rings. The molecular weight excluding hydrogens is 649 g/mol. The predicted molar refractivity (Wildman–Crippen MR) is 194 cm³/mol. The highest BCUT2D eigenvalue weighted by molar-refractivity contribution is 7.47. The number of hydrogen-bond acceptors (Lipinski definition) is 8. The Balaban J connectivity index is 4.00. The number of ether oxygens (including phenoxy) is 1. The van der Waals surface area contributed by atoms with E-state index in [0.717, 1.165) is 83.5 Å². The largest absolute Gasteiger partial charge is 0.480 e. The van der Waals surface area contributed by atoms with Crippen molar-refractivity contribution in [2.24, 2.45) is 0 Å². The van der Waals surface area contributed by atoms with Crippen molar-refractivity contribution in [2.75, 3.05) is 19.8 Å². The number of phosphoric acid groups is 1. The summed E-state index contributed by atoms with van der Waals surface area (Å²) in [7, 11) is -4.74. The number of carbonyl (C=O) groups is 3. The molecular formula is C37H62NO10P. The minimum atomic E-state index is -4.74. The van der Waals surface area contributed by atoms with Crippen LogP contribution in [0.1, 0.15) is 123 Å². The molecule has 11 nitrogen and oxygen atoms in total. The summed E-state index contributed by atoms with van der Waals surface area (Å²) in [4.78, 5) is 45.3. The van der Waals surface area contributed by atoms with E-state index in [1.807, 2.05) is 0 Å². The first kappa shape index (κ1) is 46.2. The lowest BCUT2D eigenvalue weighted by molar-refractivity contribution is -0.147. The van der Waals surface area contributed by atoms with Gasteiger partial charge in [-0.15, -0.1) is 0 Å². The number of esters is 1. The molecule has 280 valence electrons. The normalized spacial score (nSPS) is 14.7. The number of hydrogen-bond donors (Lipinski definition) is 4. The van der Waals surface area contributed by atoms with Gasteiger partial charge in [0.05, 0.1) is 13.2 Å². The highest BCUT2D eigenvalue weighted by Gasteiger charge is 2.28. The van der Waals surface area contributed by atoms with E-state index in [9.17, 15) is 34.1 Å². The topological polar surface area (TPSA) is 169 Å². The monoisotopic (exact) mass is 711 g/mol. The van der Waals surface area contributed by atoms with E-state index < -0.39 is 57.6 Å². The second-order valence-electron chi connectivity index (χ2n) is 11.7. The van der Waals surface area contributed by atoms with Crippen LogP contribution in [-0.4, -0.2) is 64.9 Å². The number of allylic oxidation sites excluding steroid dienone is 10. The van der Waals surface area contributed by atoms with Crippen molar-refractivity contribution >= 4 is 25.7 Å². The maximum atomic E-state index is 12.2. The highest BCUT2D eigenvalue weighted by atomic mass is 31.2. The average molecular weight is 712 g/mol. The van der Waals surface area contributed by atoms with Crippen LogP contribution >= 0.6 is 7.82 Å². The van der Waals surface area contributed by atoms with Gasteiger partial charge in [-0.25, -0.2) is 9.36 Å². The average Bonchev–Trinajstić information content (AvgIpc) is 3.07. The molecule has 4 N–H and O–H groups in total. The fraction of sp³-hybridized carbons (Fsp3) is 0.649. The van der Waals surface area contributed by atoms with Gasteiger partial charge in [0, 0.05) is 12.8 Å². The molecule has 0 rings (SSSR count). The van der Waals surface area contributed by atoms with Gasteiger partial charge >= 0.3 is 19.8 Å². The maximum absolute atomic E-state index is 12.2. The minimum Gasteiger partial charge on any atom is -0.480 e. The summed E-state index contributed by atoms with van der Waals surface area (Å²) in [6.45, 7) is 2.27. The zero-order valence-corrected chi connectivity index (χ0v) is 30.6. The van der Waals surface area contributed by atoms with Crippen molar-refractivity contribution in [3.8, 4) is 0 Å². The van der Waals surface area contributed by atoms with Crippen molar-refractivity contribution in [1.29, 1.82) is 0 Å². The van der Waals surface area contributed by atoms with Gasteiger partial charge in [0.15, 0.2) is 6.04 Å². The van der Waals surface area contributed by atoms with Crippen LogP contribution < -0.4 is 5.32 Å². The van der Waals surface area contributed by atoms with Crippen LogP contribution in [0.15, 0.2) is 60.8 Å². The quantitative estimate of drug-likeness (QED) is 0.0232. The Hall–Kier alpha value is -2.82. The number of unbranched alkanes of at least 4 members (excludes halogenated alkanes) is 8. The number of rotatable bonds is 32. The SMILES string of the molecule is CC/C=C\C/C=C\C/C=C\C/C=C\C/C=C\CCCCCCCC(=O)NC(COP(=O)(O)OCC(O)COC(=O)CCCCCC)C(=O)O. The van der Waals surface area contributed by atoms with Crippen LogP contribution in [0.3, 0.4) is 0 Å². The Bertz CT molecular complexity index is 1070. The predicted octanol–water partition coefficient (Wildman–Crippen LogP) is 8.05. The molecule has 0 aromatic carbocycles. The summed E-state index contributed by atoms with van der Waals surface area (Å²) in [5.41, 5.74) is 0. The molecule has 0 radical (unpaired) electrons. The summed E-state index contributed by atoms with van der Waals surface area (Å²) < 4.78 is 26.4. The molecule has 0 saturated heterocycles. The lowest BCUT2D eigenvalue weighted by atomic mass is 10.1. The molecule has 0 saturated carbocycles. The van der Waals surface area contributed by atoms with Crippen molar-refractivity contribution in [1.82, 2.24) is 5.32 Å². The van der Waals surface area contributed by atoms with Crippen molar-refractivity contribution < 1.29 is 47.8 Å². The molecule has 0 aliphatic heterocycles. The van der Waals surface area contributed by atoms with Crippen LogP contribution in [0.2, 0.25) is 0 Å². The van der Waals surface area contributed by atoms with Crippen LogP contribution in [0.5, 0.6) is 0 Å². The van der Waals surface area contributed by atoms with E-state index in [1.54, 1.807) is 0 Å².